The Morgan fingerprint density at radius 1 is 1.15 bits per heavy atom. The van der Waals surface area contributed by atoms with Crippen LogP contribution in [0.25, 0.3) is 21.6 Å². The maximum atomic E-state index is 14.5. The minimum Gasteiger partial charge on any atom is -0.497 e. The molecule has 2 aromatic carbocycles. The molecule has 34 heavy (non-hydrogen) atoms. The smallest absolute Gasteiger partial charge is 0.345 e. The minimum atomic E-state index is -0.778. The Kier molecular flexibility index (Phi) is 6.19. The molecule has 0 amide bonds. The molecule has 0 aliphatic heterocycles. The van der Waals surface area contributed by atoms with E-state index < -0.39 is 17.3 Å². The van der Waals surface area contributed by atoms with Crippen LogP contribution >= 0.6 is 0 Å². The first-order chi connectivity index (χ1) is 16.4. The molecule has 172 valence electrons. The molecule has 0 saturated carbocycles. The molecule has 0 aliphatic rings. The largest absolute Gasteiger partial charge is 0.497 e. The molecule has 8 heteroatoms. The molecule has 0 N–H and O–H groups in total. The molecular weight excluding hydrogens is 437 g/mol. The van der Waals surface area contributed by atoms with Crippen LogP contribution in [0.1, 0.15) is 28.5 Å². The minimum absolute atomic E-state index is 0.0108. The van der Waals surface area contributed by atoms with E-state index in [1.807, 2.05) is 0 Å². The van der Waals surface area contributed by atoms with Gasteiger partial charge in [-0.1, -0.05) is 30.3 Å². The molecule has 0 radical (unpaired) electrons. The van der Waals surface area contributed by atoms with Gasteiger partial charge in [0.1, 0.15) is 22.8 Å². The van der Waals surface area contributed by atoms with Crippen LogP contribution in [0.5, 0.6) is 5.75 Å². The van der Waals surface area contributed by atoms with Crippen LogP contribution in [-0.2, 0) is 11.3 Å². The molecule has 4 aromatic rings. The van der Waals surface area contributed by atoms with Crippen LogP contribution in [-0.4, -0.2) is 28.7 Å². The van der Waals surface area contributed by atoms with E-state index in [1.165, 1.54) is 16.7 Å². The second-order valence-corrected chi connectivity index (χ2v) is 7.60. The van der Waals surface area contributed by atoms with Gasteiger partial charge in [-0.25, -0.2) is 14.0 Å². The van der Waals surface area contributed by atoms with Crippen LogP contribution < -0.4 is 10.3 Å². The van der Waals surface area contributed by atoms with Crippen molar-refractivity contribution in [2.45, 2.75) is 20.4 Å². The van der Waals surface area contributed by atoms with Crippen molar-refractivity contribution < 1.29 is 18.7 Å². The van der Waals surface area contributed by atoms with Crippen molar-refractivity contribution >= 4 is 17.3 Å². The SMILES string of the molecule is [C-]#[N+]c1c(-c2ccc(OC)cc2)c(C)n2c(=O)c(C(=O)OCC)cn(Cc3ccccc3F)c12. The number of carbonyl (C=O) groups excluding carboxylic acids is 1. The number of aromatic nitrogens is 2. The zero-order chi connectivity index (χ0) is 24.4. The number of carbonyl (C=O) groups is 1. The lowest BCUT2D eigenvalue weighted by Gasteiger charge is -2.14. The number of hydrogen-bond acceptors (Lipinski definition) is 4. The van der Waals surface area contributed by atoms with Crippen molar-refractivity contribution in [3.63, 3.8) is 0 Å². The fourth-order valence-corrected chi connectivity index (χ4v) is 4.05. The van der Waals surface area contributed by atoms with E-state index in [9.17, 15) is 14.0 Å². The molecule has 0 saturated heterocycles. The molecule has 0 fully saturated rings. The third-order valence-electron chi connectivity index (χ3n) is 5.63. The lowest BCUT2D eigenvalue weighted by atomic mass is 10.0. The van der Waals surface area contributed by atoms with Gasteiger partial charge in [-0.3, -0.25) is 9.20 Å². The fourth-order valence-electron chi connectivity index (χ4n) is 4.05. The number of fused-ring (bicyclic) bond motifs is 1. The van der Waals surface area contributed by atoms with E-state index in [2.05, 4.69) is 4.85 Å². The Morgan fingerprint density at radius 2 is 1.85 bits per heavy atom. The van der Waals surface area contributed by atoms with Crippen LogP contribution in [0, 0.1) is 19.3 Å². The van der Waals surface area contributed by atoms with Gasteiger partial charge in [-0.05, 0) is 37.6 Å². The Hall–Kier alpha value is -4.38. The van der Waals surface area contributed by atoms with E-state index in [-0.39, 0.29) is 30.0 Å². The van der Waals surface area contributed by atoms with E-state index >= 15 is 0 Å². The molecule has 0 unspecified atom stereocenters. The van der Waals surface area contributed by atoms with E-state index in [4.69, 9.17) is 16.0 Å². The molecule has 7 nitrogen and oxygen atoms in total. The number of benzene rings is 2. The van der Waals surface area contributed by atoms with Crippen molar-refractivity contribution in [1.82, 2.24) is 8.97 Å². The van der Waals surface area contributed by atoms with Gasteiger partial charge in [0, 0.05) is 23.0 Å². The van der Waals surface area contributed by atoms with E-state index in [1.54, 1.807) is 68.0 Å². The number of aryl methyl sites for hydroxylation is 1. The zero-order valence-electron chi connectivity index (χ0n) is 19.0. The predicted octanol–water partition coefficient (Wildman–Crippen LogP) is 5.00. The van der Waals surface area contributed by atoms with Crippen molar-refractivity contribution in [2.24, 2.45) is 0 Å². The molecule has 0 spiro atoms. The highest BCUT2D eigenvalue weighted by Gasteiger charge is 2.25. The Labute approximate surface area is 195 Å². The summed E-state index contributed by atoms with van der Waals surface area (Å²) in [4.78, 5) is 29.7. The normalized spacial score (nSPS) is 10.8. The number of methoxy groups -OCH3 is 1. The van der Waals surface area contributed by atoms with Gasteiger partial charge in [0.05, 0.1) is 26.8 Å². The van der Waals surface area contributed by atoms with Gasteiger partial charge in [-0.2, -0.15) is 0 Å². The van der Waals surface area contributed by atoms with Crippen molar-refractivity contribution in [3.05, 3.63) is 99.1 Å². The van der Waals surface area contributed by atoms with Gasteiger partial charge in [-0.15, -0.1) is 0 Å². The summed E-state index contributed by atoms with van der Waals surface area (Å²) in [6.45, 7) is 11.4. The van der Waals surface area contributed by atoms with Crippen LogP contribution in [0.15, 0.2) is 59.5 Å². The van der Waals surface area contributed by atoms with E-state index in [0.717, 1.165) is 0 Å². The first-order valence-electron chi connectivity index (χ1n) is 10.6. The summed E-state index contributed by atoms with van der Waals surface area (Å²) in [5, 5.41) is 0. The summed E-state index contributed by atoms with van der Waals surface area (Å²) in [5.74, 6) is -0.557. The molecule has 0 aliphatic carbocycles. The van der Waals surface area contributed by atoms with Crippen molar-refractivity contribution in [3.8, 4) is 16.9 Å². The maximum Gasteiger partial charge on any atom is 0.345 e. The van der Waals surface area contributed by atoms with Crippen molar-refractivity contribution in [1.29, 1.82) is 0 Å². The van der Waals surface area contributed by atoms with Crippen LogP contribution in [0.3, 0.4) is 0 Å². The molecule has 2 heterocycles. The Bertz CT molecular complexity index is 1490. The summed E-state index contributed by atoms with van der Waals surface area (Å²) in [6.07, 6.45) is 1.34. The first kappa shape index (κ1) is 22.8. The van der Waals surface area contributed by atoms with Crippen LogP contribution in [0.4, 0.5) is 10.1 Å². The second kappa shape index (κ2) is 9.24. The summed E-state index contributed by atoms with van der Waals surface area (Å²) in [6, 6.07) is 13.4. The predicted molar refractivity (Wildman–Crippen MR) is 126 cm³/mol. The van der Waals surface area contributed by atoms with Gasteiger partial charge in [0.25, 0.3) is 5.56 Å². The summed E-state index contributed by atoms with van der Waals surface area (Å²) in [5.41, 5.74) is 1.82. The standard InChI is InChI=1S/C26H22FN3O4/c1-5-34-26(32)20-15-29(14-18-8-6-7-9-21(18)27)24-23(28-3)22(16(2)30(24)25(20)31)17-10-12-19(33-4)13-11-17/h6-13,15H,5,14H2,1-2,4H3. The van der Waals surface area contributed by atoms with Gasteiger partial charge in [0.15, 0.2) is 0 Å². The third kappa shape index (κ3) is 3.82. The highest BCUT2D eigenvalue weighted by molar-refractivity contribution is 5.94. The van der Waals surface area contributed by atoms with Gasteiger partial charge >= 0.3 is 5.97 Å². The summed E-state index contributed by atoms with van der Waals surface area (Å²) >= 11 is 0. The van der Waals surface area contributed by atoms with Crippen molar-refractivity contribution in [2.75, 3.05) is 13.7 Å². The number of esters is 1. The summed E-state index contributed by atoms with van der Waals surface area (Å²) in [7, 11) is 1.56. The Balaban J connectivity index is 2.07. The first-order valence-corrected chi connectivity index (χ1v) is 10.6. The lowest BCUT2D eigenvalue weighted by molar-refractivity contribution is 0.0523. The number of ether oxygens (including phenoxy) is 2. The fraction of sp³-hybridized carbons (Fsp3) is 0.192. The summed E-state index contributed by atoms with van der Waals surface area (Å²) < 4.78 is 27.7. The Morgan fingerprint density at radius 3 is 2.47 bits per heavy atom. The van der Waals surface area contributed by atoms with Gasteiger partial charge in [0.2, 0.25) is 5.69 Å². The van der Waals surface area contributed by atoms with Crippen LogP contribution in [0.2, 0.25) is 0 Å². The number of rotatable bonds is 6. The average Bonchev–Trinajstić information content (AvgIpc) is 3.15. The monoisotopic (exact) mass is 459 g/mol. The second-order valence-electron chi connectivity index (χ2n) is 7.60. The maximum absolute atomic E-state index is 14.5. The highest BCUT2D eigenvalue weighted by Crippen LogP contribution is 2.39. The number of halogens is 1. The van der Waals surface area contributed by atoms with E-state index in [0.29, 0.717) is 28.1 Å². The number of nitrogens with zero attached hydrogens (tertiary/aromatic N) is 3. The molecule has 0 atom stereocenters. The zero-order valence-corrected chi connectivity index (χ0v) is 19.0. The molecule has 0 bridgehead atoms. The molecular formula is C26H22FN3O4. The average molecular weight is 459 g/mol. The topological polar surface area (TPSA) is 66.3 Å². The lowest BCUT2D eigenvalue weighted by Crippen LogP contribution is -2.27. The quantitative estimate of drug-likeness (QED) is 0.301. The number of hydrogen-bond donors (Lipinski definition) is 0. The van der Waals surface area contributed by atoms with Gasteiger partial charge < -0.3 is 14.0 Å². The highest BCUT2D eigenvalue weighted by atomic mass is 19.1. The third-order valence-corrected chi connectivity index (χ3v) is 5.63. The molecule has 4 rings (SSSR count). The molecule has 2 aromatic heterocycles.